The maximum absolute atomic E-state index is 11.1. The van der Waals surface area contributed by atoms with Gasteiger partial charge in [0.1, 0.15) is 5.75 Å². The average Bonchev–Trinajstić information content (AvgIpc) is 2.14. The first kappa shape index (κ1) is 15.7. The molecule has 0 fully saturated rings. The molecule has 0 aliphatic rings. The molecular weight excluding hydrogens is 561 g/mol. The molecule has 3 nitrogen and oxygen atoms in total. The van der Waals surface area contributed by atoms with Crippen molar-refractivity contribution in [2.24, 2.45) is 5.92 Å². The zero-order valence-corrected chi connectivity index (χ0v) is 15.7. The smallest absolute Gasteiger partial charge is 0.345 e. The molecule has 0 amide bonds. The normalized spacial score (nSPS) is 12.6. The number of carboxylic acids is 1. The first-order valence-electron chi connectivity index (χ1n) is 4.87. The Bertz CT molecular complexity index is 409. The Morgan fingerprint density at radius 3 is 2.06 bits per heavy atom. The largest absolute Gasteiger partial charge is 0.478 e. The van der Waals surface area contributed by atoms with Gasteiger partial charge in [0, 0.05) is 9.49 Å². The maximum Gasteiger partial charge on any atom is 0.345 e. The highest BCUT2D eigenvalue weighted by atomic mass is 127. The number of halogens is 3. The van der Waals surface area contributed by atoms with Crippen LogP contribution in [0.1, 0.15) is 13.8 Å². The first-order valence-corrected chi connectivity index (χ1v) is 8.10. The monoisotopic (exact) mass is 572 g/mol. The third-order valence-electron chi connectivity index (χ3n) is 2.06. The Hall–Kier alpha value is 0.680. The van der Waals surface area contributed by atoms with E-state index in [-0.39, 0.29) is 5.92 Å². The van der Waals surface area contributed by atoms with Crippen LogP contribution in [0.2, 0.25) is 0 Å². The summed E-state index contributed by atoms with van der Waals surface area (Å²) in [4.78, 5) is 11.1. The van der Waals surface area contributed by atoms with Crippen molar-refractivity contribution in [2.45, 2.75) is 20.0 Å². The molecule has 0 aliphatic carbocycles. The van der Waals surface area contributed by atoms with Crippen molar-refractivity contribution in [2.75, 3.05) is 0 Å². The zero-order chi connectivity index (χ0) is 13.2. The lowest BCUT2D eigenvalue weighted by molar-refractivity contribution is -0.147. The lowest BCUT2D eigenvalue weighted by atomic mass is 10.1. The molecule has 0 saturated carbocycles. The van der Waals surface area contributed by atoms with E-state index in [0.717, 1.165) is 10.7 Å². The van der Waals surface area contributed by atoms with E-state index in [1.807, 2.05) is 26.0 Å². The molecule has 0 radical (unpaired) electrons. The quantitative estimate of drug-likeness (QED) is 0.556. The molecule has 0 saturated heterocycles. The van der Waals surface area contributed by atoms with Crippen LogP contribution in [-0.2, 0) is 4.79 Å². The number of carbonyl (C=O) groups is 1. The van der Waals surface area contributed by atoms with E-state index in [4.69, 9.17) is 9.84 Å². The summed E-state index contributed by atoms with van der Waals surface area (Å²) in [6.07, 6.45) is -0.808. The maximum atomic E-state index is 11.1. The fourth-order valence-corrected chi connectivity index (χ4v) is 5.08. The van der Waals surface area contributed by atoms with E-state index in [1.165, 1.54) is 0 Å². The van der Waals surface area contributed by atoms with Crippen LogP contribution in [0.3, 0.4) is 0 Å². The van der Waals surface area contributed by atoms with Gasteiger partial charge in [-0.05, 0) is 79.9 Å². The Kier molecular flexibility index (Phi) is 6.23. The minimum absolute atomic E-state index is 0.0709. The zero-order valence-electron chi connectivity index (χ0n) is 9.21. The number of benzene rings is 1. The Morgan fingerprint density at radius 2 is 1.71 bits per heavy atom. The van der Waals surface area contributed by atoms with Crippen LogP contribution in [0.5, 0.6) is 5.75 Å². The molecule has 6 heteroatoms. The van der Waals surface area contributed by atoms with Crippen LogP contribution >= 0.6 is 67.8 Å². The van der Waals surface area contributed by atoms with Gasteiger partial charge in [-0.25, -0.2) is 4.79 Å². The molecule has 1 unspecified atom stereocenters. The highest BCUT2D eigenvalue weighted by Crippen LogP contribution is 2.31. The summed E-state index contributed by atoms with van der Waals surface area (Å²) in [6, 6.07) is 3.94. The SMILES string of the molecule is CC(C)C(Oc1c(I)cc(I)cc1I)C(=O)O. The first-order chi connectivity index (χ1) is 7.82. The minimum atomic E-state index is -0.926. The molecule has 94 valence electrons. The number of aliphatic carboxylic acids is 1. The van der Waals surface area contributed by atoms with Crippen molar-refractivity contribution in [3.8, 4) is 5.75 Å². The minimum Gasteiger partial charge on any atom is -0.478 e. The number of hydrogen-bond donors (Lipinski definition) is 1. The Labute approximate surface area is 141 Å². The van der Waals surface area contributed by atoms with Gasteiger partial charge in [-0.1, -0.05) is 13.8 Å². The Balaban J connectivity index is 3.05. The second-order valence-corrected chi connectivity index (χ2v) is 7.39. The van der Waals surface area contributed by atoms with Gasteiger partial charge in [-0.15, -0.1) is 0 Å². The molecule has 1 N–H and O–H groups in total. The molecule has 0 aromatic heterocycles. The summed E-state index contributed by atoms with van der Waals surface area (Å²) in [5, 5.41) is 9.11. The van der Waals surface area contributed by atoms with Gasteiger partial charge in [-0.3, -0.25) is 0 Å². The molecule has 0 spiro atoms. The predicted molar refractivity (Wildman–Crippen MR) is 91.5 cm³/mol. The van der Waals surface area contributed by atoms with Gasteiger partial charge in [0.2, 0.25) is 0 Å². The average molecular weight is 572 g/mol. The van der Waals surface area contributed by atoms with Crippen molar-refractivity contribution < 1.29 is 14.6 Å². The van der Waals surface area contributed by atoms with E-state index in [1.54, 1.807) is 0 Å². The third-order valence-corrected chi connectivity index (χ3v) is 4.28. The summed E-state index contributed by atoms with van der Waals surface area (Å²) in [5.41, 5.74) is 0. The molecule has 17 heavy (non-hydrogen) atoms. The molecule has 1 aromatic carbocycles. The van der Waals surface area contributed by atoms with Crippen LogP contribution in [0.4, 0.5) is 0 Å². The van der Waals surface area contributed by atoms with Crippen molar-refractivity contribution in [1.82, 2.24) is 0 Å². The lowest BCUT2D eigenvalue weighted by Crippen LogP contribution is -2.32. The van der Waals surface area contributed by atoms with Crippen LogP contribution in [0.25, 0.3) is 0 Å². The van der Waals surface area contributed by atoms with E-state index in [0.29, 0.717) is 5.75 Å². The van der Waals surface area contributed by atoms with Gasteiger partial charge < -0.3 is 9.84 Å². The van der Waals surface area contributed by atoms with Crippen LogP contribution in [-0.4, -0.2) is 17.2 Å². The fraction of sp³-hybridized carbons (Fsp3) is 0.364. The molecule has 1 rings (SSSR count). The highest BCUT2D eigenvalue weighted by molar-refractivity contribution is 14.1. The number of hydrogen-bond acceptors (Lipinski definition) is 2. The second kappa shape index (κ2) is 6.73. The number of rotatable bonds is 4. The lowest BCUT2D eigenvalue weighted by Gasteiger charge is -2.20. The molecule has 1 atom stereocenters. The highest BCUT2D eigenvalue weighted by Gasteiger charge is 2.25. The topological polar surface area (TPSA) is 46.5 Å². The van der Waals surface area contributed by atoms with Crippen molar-refractivity contribution in [1.29, 1.82) is 0 Å². The van der Waals surface area contributed by atoms with Crippen LogP contribution in [0, 0.1) is 16.6 Å². The summed E-state index contributed by atoms with van der Waals surface area (Å²) < 4.78 is 8.62. The second-order valence-electron chi connectivity index (χ2n) is 3.82. The molecule has 0 aliphatic heterocycles. The predicted octanol–water partition coefficient (Wildman–Crippen LogP) is 3.99. The van der Waals surface area contributed by atoms with Gasteiger partial charge in [-0.2, -0.15) is 0 Å². The molecule has 1 aromatic rings. The van der Waals surface area contributed by atoms with Gasteiger partial charge in [0.25, 0.3) is 0 Å². The van der Waals surface area contributed by atoms with Crippen LogP contribution in [0.15, 0.2) is 12.1 Å². The summed E-state index contributed by atoms with van der Waals surface area (Å²) in [6.45, 7) is 3.68. The number of ether oxygens (including phenoxy) is 1. The summed E-state index contributed by atoms with van der Waals surface area (Å²) in [7, 11) is 0. The van der Waals surface area contributed by atoms with E-state index in [9.17, 15) is 4.79 Å². The molecular formula is C11H11I3O3. The summed E-state index contributed by atoms with van der Waals surface area (Å²) >= 11 is 6.56. The van der Waals surface area contributed by atoms with Gasteiger partial charge >= 0.3 is 5.97 Å². The summed E-state index contributed by atoms with van der Waals surface area (Å²) in [5.74, 6) is -0.337. The Morgan fingerprint density at radius 1 is 1.24 bits per heavy atom. The van der Waals surface area contributed by atoms with E-state index < -0.39 is 12.1 Å². The van der Waals surface area contributed by atoms with E-state index in [2.05, 4.69) is 67.8 Å². The van der Waals surface area contributed by atoms with Crippen molar-refractivity contribution in [3.05, 3.63) is 22.8 Å². The van der Waals surface area contributed by atoms with Gasteiger partial charge in [0.05, 0.1) is 7.14 Å². The van der Waals surface area contributed by atoms with Crippen molar-refractivity contribution in [3.63, 3.8) is 0 Å². The molecule has 0 bridgehead atoms. The fourth-order valence-electron chi connectivity index (χ4n) is 1.24. The number of carboxylic acid groups (broad SMARTS) is 1. The van der Waals surface area contributed by atoms with Gasteiger partial charge in [0.15, 0.2) is 6.10 Å². The van der Waals surface area contributed by atoms with Crippen LogP contribution < -0.4 is 4.74 Å². The standard InChI is InChI=1S/C11H11I3O3/c1-5(2)9(11(15)16)17-10-7(13)3-6(12)4-8(10)14/h3-5,9H,1-2H3,(H,15,16). The third kappa shape index (κ3) is 4.37. The van der Waals surface area contributed by atoms with E-state index >= 15 is 0 Å². The molecule has 0 heterocycles. The van der Waals surface area contributed by atoms with Crippen molar-refractivity contribution >= 4 is 73.7 Å².